The smallest absolute Gasteiger partial charge is 0.298 e. The summed E-state index contributed by atoms with van der Waals surface area (Å²) in [7, 11) is 0. The van der Waals surface area contributed by atoms with E-state index in [-0.39, 0.29) is 11.8 Å². The molecule has 0 aliphatic carbocycles. The van der Waals surface area contributed by atoms with Crippen LogP contribution in [-0.4, -0.2) is 34.2 Å². The lowest BCUT2D eigenvalue weighted by Crippen LogP contribution is -2.38. The molecule has 1 fully saturated rings. The average molecular weight is 371 g/mol. The third-order valence-corrected chi connectivity index (χ3v) is 5.72. The van der Waals surface area contributed by atoms with Crippen LogP contribution in [0.5, 0.6) is 0 Å². The highest BCUT2D eigenvalue weighted by molar-refractivity contribution is 7.15. The van der Waals surface area contributed by atoms with E-state index >= 15 is 0 Å². The van der Waals surface area contributed by atoms with Crippen LogP contribution in [0.3, 0.4) is 0 Å². The van der Waals surface area contributed by atoms with Gasteiger partial charge in [0.1, 0.15) is 10.5 Å². The molecule has 0 bridgehead atoms. The molecule has 3 aromatic rings. The Kier molecular flexibility index (Phi) is 4.58. The van der Waals surface area contributed by atoms with Crippen molar-refractivity contribution < 1.29 is 9.21 Å². The summed E-state index contributed by atoms with van der Waals surface area (Å²) in [5.41, 5.74) is 1.65. The van der Waals surface area contributed by atoms with Crippen molar-refractivity contribution in [3.05, 3.63) is 29.3 Å². The van der Waals surface area contributed by atoms with Crippen molar-refractivity contribution >= 4 is 39.5 Å². The fourth-order valence-corrected chi connectivity index (χ4v) is 3.80. The maximum absolute atomic E-state index is 12.5. The van der Waals surface area contributed by atoms with Gasteiger partial charge in [-0.1, -0.05) is 37.3 Å². The van der Waals surface area contributed by atoms with Crippen LogP contribution in [0.25, 0.3) is 11.1 Å². The number of nitrogens with one attached hydrogen (secondary N) is 1. The average Bonchev–Trinajstić information content (AvgIpc) is 3.28. The van der Waals surface area contributed by atoms with Crippen LogP contribution >= 0.6 is 11.3 Å². The molecular weight excluding hydrogens is 350 g/mol. The quantitative estimate of drug-likeness (QED) is 0.753. The zero-order chi connectivity index (χ0) is 18.1. The second-order valence-corrected chi connectivity index (χ2v) is 7.82. The zero-order valence-corrected chi connectivity index (χ0v) is 15.6. The lowest BCUT2D eigenvalue weighted by molar-refractivity contribution is -0.120. The second kappa shape index (κ2) is 7.03. The number of hydrogen-bond acceptors (Lipinski definition) is 7. The van der Waals surface area contributed by atoms with Crippen LogP contribution in [0.2, 0.25) is 0 Å². The first-order valence-electron chi connectivity index (χ1n) is 8.85. The molecular formula is C18H21N5O2S. The molecule has 4 rings (SSSR count). The molecule has 8 heteroatoms. The highest BCUT2D eigenvalue weighted by Gasteiger charge is 2.28. The van der Waals surface area contributed by atoms with E-state index in [9.17, 15) is 4.79 Å². The van der Waals surface area contributed by atoms with Gasteiger partial charge in [-0.2, -0.15) is 4.98 Å². The molecule has 1 saturated heterocycles. The number of para-hydroxylation sites is 2. The lowest BCUT2D eigenvalue weighted by Gasteiger charge is -2.29. The van der Waals surface area contributed by atoms with Crippen LogP contribution in [0.15, 0.2) is 28.7 Å². The molecule has 0 atom stereocenters. The lowest BCUT2D eigenvalue weighted by atomic mass is 9.96. The van der Waals surface area contributed by atoms with E-state index in [1.54, 1.807) is 0 Å². The SMILES string of the molecule is CC(C)c1nnc(NC(=O)C2CCN(c3nc4ccccc4o3)CC2)s1. The van der Waals surface area contributed by atoms with Crippen molar-refractivity contribution in [2.75, 3.05) is 23.3 Å². The molecule has 3 heterocycles. The van der Waals surface area contributed by atoms with Crippen LogP contribution in [0.4, 0.5) is 11.1 Å². The maximum atomic E-state index is 12.5. The van der Waals surface area contributed by atoms with Gasteiger partial charge in [0.2, 0.25) is 11.0 Å². The third kappa shape index (κ3) is 3.41. The fraction of sp³-hybridized carbons (Fsp3) is 0.444. The number of benzene rings is 1. The van der Waals surface area contributed by atoms with Gasteiger partial charge in [-0.15, -0.1) is 10.2 Å². The number of hydrogen-bond donors (Lipinski definition) is 1. The van der Waals surface area contributed by atoms with Gasteiger partial charge in [0, 0.05) is 24.9 Å². The summed E-state index contributed by atoms with van der Waals surface area (Å²) < 4.78 is 5.82. The van der Waals surface area contributed by atoms with Crippen molar-refractivity contribution in [1.82, 2.24) is 15.2 Å². The van der Waals surface area contributed by atoms with Crippen LogP contribution < -0.4 is 10.2 Å². The molecule has 1 aliphatic rings. The van der Waals surface area contributed by atoms with Crippen LogP contribution in [0.1, 0.15) is 37.6 Å². The number of nitrogens with zero attached hydrogens (tertiary/aromatic N) is 4. The minimum atomic E-state index is -0.0259. The number of aromatic nitrogens is 3. The summed E-state index contributed by atoms with van der Waals surface area (Å²) in [6, 6.07) is 8.38. The zero-order valence-electron chi connectivity index (χ0n) is 14.8. The van der Waals surface area contributed by atoms with Gasteiger partial charge in [0.05, 0.1) is 0 Å². The molecule has 0 saturated carbocycles. The van der Waals surface area contributed by atoms with Gasteiger partial charge in [-0.25, -0.2) is 0 Å². The number of anilines is 2. The normalized spacial score (nSPS) is 15.7. The Hall–Kier alpha value is -2.48. The molecule has 1 amide bonds. The summed E-state index contributed by atoms with van der Waals surface area (Å²) in [6.45, 7) is 5.62. The third-order valence-electron chi connectivity index (χ3n) is 4.58. The van der Waals surface area contributed by atoms with Gasteiger partial charge >= 0.3 is 0 Å². The first-order valence-corrected chi connectivity index (χ1v) is 9.66. The molecule has 2 aromatic heterocycles. The van der Waals surface area contributed by atoms with Crippen molar-refractivity contribution in [2.45, 2.75) is 32.6 Å². The number of oxazole rings is 1. The van der Waals surface area contributed by atoms with Crippen molar-refractivity contribution in [3.8, 4) is 0 Å². The van der Waals surface area contributed by atoms with E-state index in [1.165, 1.54) is 11.3 Å². The summed E-state index contributed by atoms with van der Waals surface area (Å²) >= 11 is 1.44. The highest BCUT2D eigenvalue weighted by atomic mass is 32.1. The van der Waals surface area contributed by atoms with Gasteiger partial charge < -0.3 is 14.6 Å². The summed E-state index contributed by atoms with van der Waals surface area (Å²) in [5, 5.41) is 12.6. The van der Waals surface area contributed by atoms with Gasteiger partial charge in [-0.05, 0) is 25.0 Å². The maximum Gasteiger partial charge on any atom is 0.298 e. The minimum absolute atomic E-state index is 0.0219. The topological polar surface area (TPSA) is 84.2 Å². The Morgan fingerprint density at radius 3 is 2.73 bits per heavy atom. The highest BCUT2D eigenvalue weighted by Crippen LogP contribution is 2.28. The van der Waals surface area contributed by atoms with E-state index in [0.29, 0.717) is 17.1 Å². The Morgan fingerprint density at radius 1 is 1.27 bits per heavy atom. The number of rotatable bonds is 4. The van der Waals surface area contributed by atoms with Gasteiger partial charge in [0.25, 0.3) is 6.01 Å². The fourth-order valence-electron chi connectivity index (χ4n) is 3.05. The molecule has 0 unspecified atom stereocenters. The van der Waals surface area contributed by atoms with Crippen LogP contribution in [0, 0.1) is 5.92 Å². The Bertz CT molecular complexity index is 878. The molecule has 1 aliphatic heterocycles. The predicted octanol–water partition coefficient (Wildman–Crippen LogP) is 3.66. The molecule has 1 aromatic carbocycles. The molecule has 1 N–H and O–H groups in total. The summed E-state index contributed by atoms with van der Waals surface area (Å²) in [6.07, 6.45) is 1.53. The first kappa shape index (κ1) is 17.0. The number of piperidine rings is 1. The molecule has 0 spiro atoms. The predicted molar refractivity (Wildman–Crippen MR) is 102 cm³/mol. The Morgan fingerprint density at radius 2 is 2.04 bits per heavy atom. The minimum Gasteiger partial charge on any atom is -0.423 e. The summed E-state index contributed by atoms with van der Waals surface area (Å²) in [5.74, 6) is 0.313. The van der Waals surface area contributed by atoms with E-state index in [2.05, 4.69) is 39.2 Å². The molecule has 26 heavy (non-hydrogen) atoms. The van der Waals surface area contributed by atoms with E-state index in [0.717, 1.165) is 42.0 Å². The largest absolute Gasteiger partial charge is 0.423 e. The van der Waals surface area contributed by atoms with E-state index in [1.807, 2.05) is 24.3 Å². The summed E-state index contributed by atoms with van der Waals surface area (Å²) in [4.78, 5) is 19.1. The monoisotopic (exact) mass is 371 g/mol. The van der Waals surface area contributed by atoms with E-state index in [4.69, 9.17) is 4.42 Å². The number of amides is 1. The Labute approximate surface area is 155 Å². The standard InChI is InChI=1S/C18H21N5O2S/c1-11(2)16-21-22-17(26-16)20-15(24)12-7-9-23(10-8-12)18-19-13-5-3-4-6-14(13)25-18/h3-6,11-12H,7-10H2,1-2H3,(H,20,22,24). The second-order valence-electron chi connectivity index (χ2n) is 6.81. The Balaban J connectivity index is 1.35. The van der Waals surface area contributed by atoms with Crippen molar-refractivity contribution in [1.29, 1.82) is 0 Å². The molecule has 7 nitrogen and oxygen atoms in total. The molecule has 0 radical (unpaired) electrons. The number of carbonyl (C=O) groups is 1. The van der Waals surface area contributed by atoms with Gasteiger partial charge in [0.15, 0.2) is 5.58 Å². The number of fused-ring (bicyclic) bond motifs is 1. The van der Waals surface area contributed by atoms with E-state index < -0.39 is 0 Å². The van der Waals surface area contributed by atoms with Crippen LogP contribution in [-0.2, 0) is 4.79 Å². The first-order chi connectivity index (χ1) is 12.6. The van der Waals surface area contributed by atoms with Crippen molar-refractivity contribution in [3.63, 3.8) is 0 Å². The van der Waals surface area contributed by atoms with Gasteiger partial charge in [-0.3, -0.25) is 4.79 Å². The van der Waals surface area contributed by atoms with Crippen molar-refractivity contribution in [2.24, 2.45) is 5.92 Å². The molecule has 136 valence electrons. The number of carbonyl (C=O) groups excluding carboxylic acids is 1.